The molecule has 1 aromatic heterocycles. The predicted octanol–water partition coefficient (Wildman–Crippen LogP) is 2.39. The minimum atomic E-state index is -0.283. The summed E-state index contributed by atoms with van der Waals surface area (Å²) in [5.74, 6) is 0.363. The van der Waals surface area contributed by atoms with Crippen molar-refractivity contribution in [1.29, 1.82) is 0 Å². The number of aliphatic hydroxyl groups is 1. The minimum absolute atomic E-state index is 0.0186. The van der Waals surface area contributed by atoms with E-state index in [0.29, 0.717) is 35.7 Å². The van der Waals surface area contributed by atoms with Crippen LogP contribution in [-0.4, -0.2) is 33.8 Å². The first-order valence-corrected chi connectivity index (χ1v) is 7.99. The lowest BCUT2D eigenvalue weighted by molar-refractivity contribution is -0.121. The zero-order valence-electron chi connectivity index (χ0n) is 13.9. The average Bonchev–Trinajstić information content (AvgIpc) is 3.02. The van der Waals surface area contributed by atoms with Crippen LogP contribution in [-0.2, 0) is 11.2 Å². The van der Waals surface area contributed by atoms with Crippen molar-refractivity contribution >= 4 is 5.91 Å². The molecule has 1 aromatic carbocycles. The predicted molar refractivity (Wildman–Crippen MR) is 86.7 cm³/mol. The zero-order valence-corrected chi connectivity index (χ0v) is 13.9. The van der Waals surface area contributed by atoms with Gasteiger partial charge in [-0.25, -0.2) is 4.39 Å². The molecule has 0 spiro atoms. The number of hydrogen-bond acceptors (Lipinski definition) is 5. The van der Waals surface area contributed by atoms with E-state index in [0.717, 1.165) is 6.42 Å². The highest BCUT2D eigenvalue weighted by Crippen LogP contribution is 2.19. The highest BCUT2D eigenvalue weighted by molar-refractivity contribution is 5.76. The summed E-state index contributed by atoms with van der Waals surface area (Å²) in [6.45, 7) is 3.69. The number of rotatable bonds is 8. The van der Waals surface area contributed by atoms with Gasteiger partial charge in [0.1, 0.15) is 5.82 Å². The Morgan fingerprint density at radius 3 is 2.96 bits per heavy atom. The van der Waals surface area contributed by atoms with Gasteiger partial charge in [-0.05, 0) is 50.5 Å². The van der Waals surface area contributed by atoms with E-state index >= 15 is 0 Å². The van der Waals surface area contributed by atoms with Crippen molar-refractivity contribution in [2.45, 2.75) is 45.6 Å². The number of aromatic nitrogens is 2. The van der Waals surface area contributed by atoms with E-state index in [4.69, 9.17) is 9.63 Å². The number of nitrogens with zero attached hydrogens (tertiary/aromatic N) is 2. The first-order valence-electron chi connectivity index (χ1n) is 7.99. The van der Waals surface area contributed by atoms with Gasteiger partial charge in [0, 0.05) is 31.1 Å². The smallest absolute Gasteiger partial charge is 0.227 e. The van der Waals surface area contributed by atoms with Gasteiger partial charge in [0.15, 0.2) is 0 Å². The third kappa shape index (κ3) is 5.13. The SMILES string of the molecule is Cc1cc(-c2noc(CCC(=O)NC(C)CCCO)n2)ccc1F. The van der Waals surface area contributed by atoms with Gasteiger partial charge in [-0.15, -0.1) is 0 Å². The minimum Gasteiger partial charge on any atom is -0.396 e. The Bertz CT molecular complexity index is 687. The van der Waals surface area contributed by atoms with E-state index < -0.39 is 0 Å². The highest BCUT2D eigenvalue weighted by Gasteiger charge is 2.13. The lowest BCUT2D eigenvalue weighted by atomic mass is 10.1. The van der Waals surface area contributed by atoms with Crippen molar-refractivity contribution in [3.63, 3.8) is 0 Å². The summed E-state index contributed by atoms with van der Waals surface area (Å²) < 4.78 is 18.4. The van der Waals surface area contributed by atoms with E-state index in [1.165, 1.54) is 6.07 Å². The Morgan fingerprint density at radius 2 is 2.25 bits per heavy atom. The number of carbonyl (C=O) groups is 1. The molecule has 1 unspecified atom stereocenters. The molecule has 7 heteroatoms. The number of aryl methyl sites for hydroxylation is 2. The quantitative estimate of drug-likeness (QED) is 0.773. The maximum atomic E-state index is 13.3. The van der Waals surface area contributed by atoms with Crippen LogP contribution in [0.1, 0.15) is 37.6 Å². The van der Waals surface area contributed by atoms with Crippen LogP contribution in [0, 0.1) is 12.7 Å². The Hall–Kier alpha value is -2.28. The Balaban J connectivity index is 1.87. The van der Waals surface area contributed by atoms with Crippen LogP contribution in [0.15, 0.2) is 22.7 Å². The van der Waals surface area contributed by atoms with Gasteiger partial charge in [-0.2, -0.15) is 4.98 Å². The zero-order chi connectivity index (χ0) is 17.5. The van der Waals surface area contributed by atoms with Crippen LogP contribution >= 0.6 is 0 Å². The van der Waals surface area contributed by atoms with Gasteiger partial charge in [-0.3, -0.25) is 4.79 Å². The van der Waals surface area contributed by atoms with E-state index in [1.54, 1.807) is 19.1 Å². The molecule has 130 valence electrons. The first kappa shape index (κ1) is 18.1. The second kappa shape index (κ2) is 8.54. The van der Waals surface area contributed by atoms with Gasteiger partial charge in [0.2, 0.25) is 17.6 Å². The lowest BCUT2D eigenvalue weighted by Crippen LogP contribution is -2.32. The number of amides is 1. The van der Waals surface area contributed by atoms with E-state index in [2.05, 4.69) is 15.5 Å². The van der Waals surface area contributed by atoms with Gasteiger partial charge in [0.25, 0.3) is 0 Å². The largest absolute Gasteiger partial charge is 0.396 e. The van der Waals surface area contributed by atoms with Crippen molar-refractivity contribution in [2.75, 3.05) is 6.61 Å². The van der Waals surface area contributed by atoms with Crippen molar-refractivity contribution in [3.8, 4) is 11.4 Å². The summed E-state index contributed by atoms with van der Waals surface area (Å²) in [5, 5.41) is 15.5. The molecule has 0 aliphatic carbocycles. The van der Waals surface area contributed by atoms with Crippen molar-refractivity contribution in [2.24, 2.45) is 0 Å². The Kier molecular flexibility index (Phi) is 6.43. The van der Waals surface area contributed by atoms with Crippen LogP contribution in [0.2, 0.25) is 0 Å². The third-order valence-electron chi connectivity index (χ3n) is 3.65. The van der Waals surface area contributed by atoms with E-state index in [9.17, 15) is 9.18 Å². The van der Waals surface area contributed by atoms with Crippen molar-refractivity contribution in [1.82, 2.24) is 15.5 Å². The molecular formula is C17H22FN3O3. The molecule has 2 rings (SSSR count). The fourth-order valence-electron chi connectivity index (χ4n) is 2.29. The lowest BCUT2D eigenvalue weighted by Gasteiger charge is -2.12. The molecule has 2 aromatic rings. The molecule has 1 heterocycles. The summed E-state index contributed by atoms with van der Waals surface area (Å²) in [6, 6.07) is 4.62. The summed E-state index contributed by atoms with van der Waals surface area (Å²) in [4.78, 5) is 16.1. The fourth-order valence-corrected chi connectivity index (χ4v) is 2.29. The highest BCUT2D eigenvalue weighted by atomic mass is 19.1. The molecule has 0 radical (unpaired) electrons. The molecule has 6 nitrogen and oxygen atoms in total. The molecule has 0 bridgehead atoms. The van der Waals surface area contributed by atoms with Crippen LogP contribution < -0.4 is 5.32 Å². The summed E-state index contributed by atoms with van der Waals surface area (Å²) >= 11 is 0. The van der Waals surface area contributed by atoms with Gasteiger partial charge in [-0.1, -0.05) is 5.16 Å². The molecular weight excluding hydrogens is 313 g/mol. The normalized spacial score (nSPS) is 12.2. The number of aliphatic hydroxyl groups excluding tert-OH is 1. The Morgan fingerprint density at radius 1 is 1.46 bits per heavy atom. The standard InChI is InChI=1S/C17H22FN3O3/c1-11-10-13(5-6-14(11)18)17-20-16(24-21-17)8-7-15(23)19-12(2)4-3-9-22/h5-6,10,12,22H,3-4,7-9H2,1-2H3,(H,19,23). The van der Waals surface area contributed by atoms with E-state index in [-0.39, 0.29) is 30.8 Å². The number of hydrogen-bond donors (Lipinski definition) is 2. The van der Waals surface area contributed by atoms with Crippen LogP contribution in [0.25, 0.3) is 11.4 Å². The van der Waals surface area contributed by atoms with Crippen molar-refractivity contribution in [3.05, 3.63) is 35.5 Å². The van der Waals surface area contributed by atoms with Crippen LogP contribution in [0.3, 0.4) is 0 Å². The summed E-state index contributed by atoms with van der Waals surface area (Å²) in [5.41, 5.74) is 1.18. The molecule has 0 saturated heterocycles. The third-order valence-corrected chi connectivity index (χ3v) is 3.65. The molecule has 0 aliphatic heterocycles. The number of carbonyl (C=O) groups excluding carboxylic acids is 1. The maximum absolute atomic E-state index is 13.3. The molecule has 1 atom stereocenters. The molecule has 0 aliphatic rings. The summed E-state index contributed by atoms with van der Waals surface area (Å²) in [7, 11) is 0. The Labute approximate surface area is 140 Å². The van der Waals surface area contributed by atoms with Gasteiger partial charge in [0.05, 0.1) is 0 Å². The average molecular weight is 335 g/mol. The van der Waals surface area contributed by atoms with Crippen LogP contribution in [0.5, 0.6) is 0 Å². The molecule has 1 amide bonds. The van der Waals surface area contributed by atoms with Crippen LogP contribution in [0.4, 0.5) is 4.39 Å². The number of benzene rings is 1. The second-order valence-corrected chi connectivity index (χ2v) is 5.81. The topological polar surface area (TPSA) is 88.2 Å². The van der Waals surface area contributed by atoms with E-state index in [1.807, 2.05) is 6.92 Å². The molecule has 2 N–H and O–H groups in total. The fraction of sp³-hybridized carbons (Fsp3) is 0.471. The van der Waals surface area contributed by atoms with Crippen molar-refractivity contribution < 1.29 is 18.8 Å². The molecule has 24 heavy (non-hydrogen) atoms. The second-order valence-electron chi connectivity index (χ2n) is 5.81. The summed E-state index contributed by atoms with van der Waals surface area (Å²) in [6.07, 6.45) is 1.97. The molecule has 0 saturated carbocycles. The first-order chi connectivity index (χ1) is 11.5. The number of halogens is 1. The molecule has 0 fully saturated rings. The maximum Gasteiger partial charge on any atom is 0.227 e. The monoisotopic (exact) mass is 335 g/mol. The number of nitrogens with one attached hydrogen (secondary N) is 1. The van der Waals surface area contributed by atoms with Gasteiger partial charge >= 0.3 is 0 Å². The van der Waals surface area contributed by atoms with Gasteiger partial charge < -0.3 is 14.9 Å².